The van der Waals surface area contributed by atoms with E-state index in [4.69, 9.17) is 0 Å². The lowest BCUT2D eigenvalue weighted by Gasteiger charge is -2.08. The number of nitrogens with zero attached hydrogens (tertiary/aromatic N) is 1. The molecule has 0 aromatic rings. The van der Waals surface area contributed by atoms with E-state index in [1.807, 2.05) is 19.0 Å². The van der Waals surface area contributed by atoms with Gasteiger partial charge in [-0.05, 0) is 18.9 Å². The van der Waals surface area contributed by atoms with Crippen LogP contribution in [0.3, 0.4) is 0 Å². The molecule has 12 heavy (non-hydrogen) atoms. The lowest BCUT2D eigenvalue weighted by atomic mass is 9.98. The molecule has 0 aromatic carbocycles. The molecule has 0 aliphatic rings. The molecule has 0 N–H and O–H groups in total. The summed E-state index contributed by atoms with van der Waals surface area (Å²) in [5.41, 5.74) is 0. The van der Waals surface area contributed by atoms with Crippen LogP contribution in [0, 0.1) is 5.92 Å². The Labute approximate surface area is 75.3 Å². The molecule has 0 rings (SSSR count). The van der Waals surface area contributed by atoms with Gasteiger partial charge in [-0.2, -0.15) is 0 Å². The van der Waals surface area contributed by atoms with E-state index in [1.165, 1.54) is 0 Å². The number of carbonyl (C=O) groups is 1. The van der Waals surface area contributed by atoms with Gasteiger partial charge in [0.05, 0.1) is 0 Å². The topological polar surface area (TPSA) is 20.3 Å². The fourth-order valence-corrected chi connectivity index (χ4v) is 1.05. The van der Waals surface area contributed by atoms with Crippen LogP contribution < -0.4 is 0 Å². The summed E-state index contributed by atoms with van der Waals surface area (Å²) < 4.78 is 0. The third-order valence-corrected chi connectivity index (χ3v) is 1.92. The summed E-state index contributed by atoms with van der Waals surface area (Å²) in [4.78, 5) is 13.3. The molecule has 0 radical (unpaired) electrons. The standard InChI is InChI=1S/C10H19NO/c1-5-9(6-2)10(12)7-8-11(3)4/h7-9H,5-6H2,1-4H3. The highest BCUT2D eigenvalue weighted by Gasteiger charge is 2.09. The molecule has 0 unspecified atom stereocenters. The maximum absolute atomic E-state index is 11.4. The first-order valence-electron chi connectivity index (χ1n) is 4.50. The average molecular weight is 169 g/mol. The summed E-state index contributed by atoms with van der Waals surface area (Å²) in [5.74, 6) is 0.454. The Hall–Kier alpha value is -0.790. The lowest BCUT2D eigenvalue weighted by molar-refractivity contribution is -0.118. The number of hydrogen-bond acceptors (Lipinski definition) is 2. The van der Waals surface area contributed by atoms with Crippen molar-refractivity contribution in [2.75, 3.05) is 14.1 Å². The predicted octanol–water partition coefficient (Wildman–Crippen LogP) is 2.07. The molecule has 0 amide bonds. The third kappa shape index (κ3) is 4.16. The van der Waals surface area contributed by atoms with Crippen molar-refractivity contribution in [3.8, 4) is 0 Å². The number of ketones is 1. The van der Waals surface area contributed by atoms with E-state index >= 15 is 0 Å². The van der Waals surface area contributed by atoms with E-state index in [0.29, 0.717) is 0 Å². The van der Waals surface area contributed by atoms with Gasteiger partial charge < -0.3 is 4.90 Å². The van der Waals surface area contributed by atoms with Crippen molar-refractivity contribution in [3.05, 3.63) is 12.3 Å². The molecule has 0 atom stereocenters. The van der Waals surface area contributed by atoms with Crippen molar-refractivity contribution in [3.63, 3.8) is 0 Å². The molecule has 0 saturated carbocycles. The minimum absolute atomic E-state index is 0.209. The molecule has 0 aliphatic heterocycles. The van der Waals surface area contributed by atoms with Crippen LogP contribution in [0.25, 0.3) is 0 Å². The second-order valence-electron chi connectivity index (χ2n) is 3.20. The summed E-state index contributed by atoms with van der Waals surface area (Å²) >= 11 is 0. The van der Waals surface area contributed by atoms with Crippen molar-refractivity contribution in [1.82, 2.24) is 4.90 Å². The number of hydrogen-bond donors (Lipinski definition) is 0. The molecule has 0 bridgehead atoms. The number of carbonyl (C=O) groups excluding carboxylic acids is 1. The number of rotatable bonds is 5. The average Bonchev–Trinajstić information content (AvgIpc) is 2.03. The zero-order valence-electron chi connectivity index (χ0n) is 8.50. The van der Waals surface area contributed by atoms with Crippen molar-refractivity contribution in [1.29, 1.82) is 0 Å². The third-order valence-electron chi connectivity index (χ3n) is 1.92. The molecule has 0 heterocycles. The minimum Gasteiger partial charge on any atom is -0.383 e. The van der Waals surface area contributed by atoms with Gasteiger partial charge in [-0.1, -0.05) is 13.8 Å². The van der Waals surface area contributed by atoms with E-state index in [1.54, 1.807) is 12.3 Å². The second-order valence-corrected chi connectivity index (χ2v) is 3.20. The molecular formula is C10H19NO. The molecule has 0 aromatic heterocycles. The van der Waals surface area contributed by atoms with Crippen LogP contribution in [0.2, 0.25) is 0 Å². The fourth-order valence-electron chi connectivity index (χ4n) is 1.05. The molecule has 0 saturated heterocycles. The Morgan fingerprint density at radius 1 is 1.33 bits per heavy atom. The highest BCUT2D eigenvalue weighted by Crippen LogP contribution is 2.09. The van der Waals surface area contributed by atoms with Gasteiger partial charge in [-0.25, -0.2) is 0 Å². The molecular weight excluding hydrogens is 150 g/mol. The molecule has 0 fully saturated rings. The molecule has 0 aliphatic carbocycles. The zero-order chi connectivity index (χ0) is 9.56. The van der Waals surface area contributed by atoms with E-state index in [9.17, 15) is 4.79 Å². The molecule has 2 nitrogen and oxygen atoms in total. The van der Waals surface area contributed by atoms with Crippen molar-refractivity contribution >= 4 is 5.78 Å². The minimum atomic E-state index is 0.209. The van der Waals surface area contributed by atoms with E-state index in [-0.39, 0.29) is 11.7 Å². The van der Waals surface area contributed by atoms with Gasteiger partial charge in [0.15, 0.2) is 5.78 Å². The normalized spacial score (nSPS) is 11.1. The van der Waals surface area contributed by atoms with Crippen LogP contribution in [-0.4, -0.2) is 24.8 Å². The first-order chi connectivity index (χ1) is 5.61. The van der Waals surface area contributed by atoms with Crippen LogP contribution in [-0.2, 0) is 4.79 Å². The summed E-state index contributed by atoms with van der Waals surface area (Å²) in [6.45, 7) is 4.10. The van der Waals surface area contributed by atoms with E-state index in [2.05, 4.69) is 13.8 Å². The van der Waals surface area contributed by atoms with Gasteiger partial charge in [0, 0.05) is 26.2 Å². The number of allylic oxidation sites excluding steroid dienone is 1. The van der Waals surface area contributed by atoms with Crippen LogP contribution >= 0.6 is 0 Å². The van der Waals surface area contributed by atoms with E-state index in [0.717, 1.165) is 12.8 Å². The highest BCUT2D eigenvalue weighted by atomic mass is 16.1. The Balaban J connectivity index is 4.01. The maximum atomic E-state index is 11.4. The van der Waals surface area contributed by atoms with Gasteiger partial charge in [0.25, 0.3) is 0 Å². The van der Waals surface area contributed by atoms with Crippen LogP contribution in [0.5, 0.6) is 0 Å². The van der Waals surface area contributed by atoms with Crippen molar-refractivity contribution in [2.45, 2.75) is 26.7 Å². The van der Waals surface area contributed by atoms with Crippen molar-refractivity contribution < 1.29 is 4.79 Å². The SMILES string of the molecule is CCC(CC)C(=O)C=CN(C)C. The van der Waals surface area contributed by atoms with Crippen LogP contribution in [0.1, 0.15) is 26.7 Å². The van der Waals surface area contributed by atoms with Gasteiger partial charge >= 0.3 is 0 Å². The van der Waals surface area contributed by atoms with Crippen molar-refractivity contribution in [2.24, 2.45) is 5.92 Å². The summed E-state index contributed by atoms with van der Waals surface area (Å²) in [6, 6.07) is 0. The van der Waals surface area contributed by atoms with Crippen LogP contribution in [0.4, 0.5) is 0 Å². The Morgan fingerprint density at radius 3 is 2.17 bits per heavy atom. The largest absolute Gasteiger partial charge is 0.383 e. The van der Waals surface area contributed by atoms with Gasteiger partial charge in [0.1, 0.15) is 0 Å². The Bertz CT molecular complexity index is 157. The summed E-state index contributed by atoms with van der Waals surface area (Å²) in [7, 11) is 3.83. The lowest BCUT2D eigenvalue weighted by Crippen LogP contribution is -2.11. The Kier molecular flexibility index (Phi) is 5.43. The predicted molar refractivity (Wildman–Crippen MR) is 51.9 cm³/mol. The van der Waals surface area contributed by atoms with E-state index < -0.39 is 0 Å². The first-order valence-corrected chi connectivity index (χ1v) is 4.50. The monoisotopic (exact) mass is 169 g/mol. The first kappa shape index (κ1) is 11.2. The van der Waals surface area contributed by atoms with Gasteiger partial charge in [-0.3, -0.25) is 4.79 Å². The Morgan fingerprint density at radius 2 is 1.83 bits per heavy atom. The summed E-state index contributed by atoms with van der Waals surface area (Å²) in [5, 5.41) is 0. The second kappa shape index (κ2) is 5.81. The zero-order valence-corrected chi connectivity index (χ0v) is 8.50. The molecule has 2 heteroatoms. The quantitative estimate of drug-likeness (QED) is 0.587. The fraction of sp³-hybridized carbons (Fsp3) is 0.700. The smallest absolute Gasteiger partial charge is 0.160 e. The van der Waals surface area contributed by atoms with Gasteiger partial charge in [-0.15, -0.1) is 0 Å². The van der Waals surface area contributed by atoms with Gasteiger partial charge in [0.2, 0.25) is 0 Å². The summed E-state index contributed by atoms with van der Waals surface area (Å²) in [6.07, 6.45) is 5.35. The maximum Gasteiger partial charge on any atom is 0.160 e. The van der Waals surface area contributed by atoms with Crippen LogP contribution in [0.15, 0.2) is 12.3 Å². The molecule has 0 spiro atoms. The highest BCUT2D eigenvalue weighted by molar-refractivity contribution is 5.91. The molecule has 70 valence electrons.